The smallest absolute Gasteiger partial charge is 0.0985 e. The van der Waals surface area contributed by atoms with Crippen molar-refractivity contribution in [3.63, 3.8) is 0 Å². The minimum atomic E-state index is -0.0383. The Morgan fingerprint density at radius 3 is 2.36 bits per heavy atom. The molecule has 0 saturated heterocycles. The molecule has 80 valence electrons. The SMILES string of the molecule is Cc1nc(C(C)(C)C)sc1C(C)NO. The first-order chi connectivity index (χ1) is 6.36. The summed E-state index contributed by atoms with van der Waals surface area (Å²) in [7, 11) is 0. The van der Waals surface area contributed by atoms with Gasteiger partial charge in [-0.05, 0) is 13.8 Å². The van der Waals surface area contributed by atoms with E-state index in [1.165, 1.54) is 0 Å². The number of thiazole rings is 1. The van der Waals surface area contributed by atoms with E-state index in [1.807, 2.05) is 13.8 Å². The first-order valence-corrected chi connectivity index (χ1v) is 5.55. The molecule has 0 aliphatic carbocycles. The Labute approximate surface area is 89.1 Å². The molecule has 0 radical (unpaired) electrons. The molecule has 0 spiro atoms. The van der Waals surface area contributed by atoms with Gasteiger partial charge in [0.05, 0.1) is 16.7 Å². The van der Waals surface area contributed by atoms with E-state index in [1.54, 1.807) is 11.3 Å². The molecule has 0 saturated carbocycles. The summed E-state index contributed by atoms with van der Waals surface area (Å²) in [5.41, 5.74) is 3.35. The molecule has 1 atom stereocenters. The van der Waals surface area contributed by atoms with E-state index in [-0.39, 0.29) is 11.5 Å². The van der Waals surface area contributed by atoms with Crippen LogP contribution in [0.25, 0.3) is 0 Å². The van der Waals surface area contributed by atoms with Gasteiger partial charge in [-0.15, -0.1) is 11.3 Å². The summed E-state index contributed by atoms with van der Waals surface area (Å²) in [6.07, 6.45) is 0. The second-order valence-corrected chi connectivity index (χ2v) is 5.60. The highest BCUT2D eigenvalue weighted by Gasteiger charge is 2.21. The van der Waals surface area contributed by atoms with Crippen molar-refractivity contribution in [1.82, 2.24) is 10.5 Å². The zero-order chi connectivity index (χ0) is 10.9. The number of rotatable bonds is 2. The summed E-state index contributed by atoms with van der Waals surface area (Å²) >= 11 is 1.67. The molecule has 1 heterocycles. The van der Waals surface area contributed by atoms with E-state index in [2.05, 4.69) is 31.2 Å². The molecule has 0 fully saturated rings. The second-order valence-electron chi connectivity index (χ2n) is 4.57. The van der Waals surface area contributed by atoms with Crippen LogP contribution in [0.1, 0.15) is 49.3 Å². The van der Waals surface area contributed by atoms with Crippen molar-refractivity contribution in [3.8, 4) is 0 Å². The molecule has 1 rings (SSSR count). The normalized spacial score (nSPS) is 14.4. The van der Waals surface area contributed by atoms with Crippen molar-refractivity contribution >= 4 is 11.3 Å². The molecule has 14 heavy (non-hydrogen) atoms. The second kappa shape index (κ2) is 3.96. The average Bonchev–Trinajstić information content (AvgIpc) is 2.45. The molecular weight excluding hydrogens is 196 g/mol. The third-order valence-corrected chi connectivity index (χ3v) is 3.83. The zero-order valence-corrected chi connectivity index (χ0v) is 10.2. The van der Waals surface area contributed by atoms with E-state index in [4.69, 9.17) is 5.21 Å². The van der Waals surface area contributed by atoms with Crippen molar-refractivity contribution in [2.45, 2.75) is 46.1 Å². The molecule has 1 aromatic heterocycles. The number of aromatic nitrogens is 1. The minimum absolute atomic E-state index is 0.0383. The summed E-state index contributed by atoms with van der Waals surface area (Å²) in [4.78, 5) is 5.63. The fourth-order valence-corrected chi connectivity index (χ4v) is 2.31. The summed E-state index contributed by atoms with van der Waals surface area (Å²) < 4.78 is 0. The summed E-state index contributed by atoms with van der Waals surface area (Å²) in [6.45, 7) is 10.3. The lowest BCUT2D eigenvalue weighted by Crippen LogP contribution is -2.12. The Kier molecular flexibility index (Phi) is 3.29. The number of nitrogens with zero attached hydrogens (tertiary/aromatic N) is 1. The topological polar surface area (TPSA) is 45.2 Å². The predicted octanol–water partition coefficient (Wildman–Crippen LogP) is 2.79. The monoisotopic (exact) mass is 214 g/mol. The van der Waals surface area contributed by atoms with Crippen LogP contribution in [0, 0.1) is 6.92 Å². The van der Waals surface area contributed by atoms with Gasteiger partial charge in [0.2, 0.25) is 0 Å². The van der Waals surface area contributed by atoms with Gasteiger partial charge in [-0.25, -0.2) is 4.98 Å². The number of hydrogen-bond acceptors (Lipinski definition) is 4. The van der Waals surface area contributed by atoms with Gasteiger partial charge < -0.3 is 5.21 Å². The van der Waals surface area contributed by atoms with Gasteiger partial charge in [-0.3, -0.25) is 0 Å². The Balaban J connectivity index is 3.05. The quantitative estimate of drug-likeness (QED) is 0.744. The molecule has 0 amide bonds. The van der Waals surface area contributed by atoms with Gasteiger partial charge in [0.25, 0.3) is 0 Å². The van der Waals surface area contributed by atoms with Crippen LogP contribution in [0.5, 0.6) is 0 Å². The minimum Gasteiger partial charge on any atom is -0.316 e. The van der Waals surface area contributed by atoms with Crippen LogP contribution >= 0.6 is 11.3 Å². The third kappa shape index (κ3) is 2.32. The highest BCUT2D eigenvalue weighted by Crippen LogP contribution is 2.32. The lowest BCUT2D eigenvalue weighted by molar-refractivity contribution is 0.134. The highest BCUT2D eigenvalue weighted by atomic mass is 32.1. The summed E-state index contributed by atoms with van der Waals surface area (Å²) in [6, 6.07) is -0.0383. The number of aryl methyl sites for hydroxylation is 1. The number of nitrogens with one attached hydrogen (secondary N) is 1. The van der Waals surface area contributed by atoms with E-state index < -0.39 is 0 Å². The first-order valence-electron chi connectivity index (χ1n) is 4.73. The van der Waals surface area contributed by atoms with Gasteiger partial charge in [0.1, 0.15) is 0 Å². The van der Waals surface area contributed by atoms with Crippen LogP contribution in [0.3, 0.4) is 0 Å². The third-order valence-electron chi connectivity index (χ3n) is 2.06. The van der Waals surface area contributed by atoms with Crippen molar-refractivity contribution in [1.29, 1.82) is 0 Å². The highest BCUT2D eigenvalue weighted by molar-refractivity contribution is 7.12. The Hall–Kier alpha value is -0.450. The molecule has 0 bridgehead atoms. The zero-order valence-electron chi connectivity index (χ0n) is 9.38. The Bertz CT molecular complexity index is 314. The van der Waals surface area contributed by atoms with E-state index >= 15 is 0 Å². The van der Waals surface area contributed by atoms with Crippen molar-refractivity contribution < 1.29 is 5.21 Å². The van der Waals surface area contributed by atoms with Crippen LogP contribution in [-0.4, -0.2) is 10.2 Å². The summed E-state index contributed by atoms with van der Waals surface area (Å²) in [5, 5.41) is 9.97. The van der Waals surface area contributed by atoms with Gasteiger partial charge in [-0.2, -0.15) is 5.48 Å². The van der Waals surface area contributed by atoms with Gasteiger partial charge in [-0.1, -0.05) is 20.8 Å². The van der Waals surface area contributed by atoms with E-state index in [0.717, 1.165) is 15.6 Å². The molecule has 2 N–H and O–H groups in total. The Morgan fingerprint density at radius 2 is 2.00 bits per heavy atom. The average molecular weight is 214 g/mol. The molecule has 1 unspecified atom stereocenters. The molecule has 3 nitrogen and oxygen atoms in total. The van der Waals surface area contributed by atoms with Gasteiger partial charge >= 0.3 is 0 Å². The fourth-order valence-electron chi connectivity index (χ4n) is 1.19. The maximum absolute atomic E-state index is 8.85. The van der Waals surface area contributed by atoms with Crippen LogP contribution < -0.4 is 5.48 Å². The van der Waals surface area contributed by atoms with Gasteiger partial charge in [0, 0.05) is 10.3 Å². The molecule has 0 aromatic carbocycles. The van der Waals surface area contributed by atoms with Crippen LogP contribution in [0.2, 0.25) is 0 Å². The fraction of sp³-hybridized carbons (Fsp3) is 0.700. The van der Waals surface area contributed by atoms with Crippen molar-refractivity contribution in [2.24, 2.45) is 0 Å². The number of hydrogen-bond donors (Lipinski definition) is 2. The standard InChI is InChI=1S/C10H18N2OS/c1-6-8(7(2)12-13)14-9(11-6)10(3,4)5/h7,12-13H,1-5H3. The summed E-state index contributed by atoms with van der Waals surface area (Å²) in [5.74, 6) is 0. The van der Waals surface area contributed by atoms with E-state index in [0.29, 0.717) is 0 Å². The van der Waals surface area contributed by atoms with Crippen molar-refractivity contribution in [3.05, 3.63) is 15.6 Å². The Morgan fingerprint density at radius 1 is 1.43 bits per heavy atom. The molecular formula is C10H18N2OS. The van der Waals surface area contributed by atoms with Crippen LogP contribution in [0.15, 0.2) is 0 Å². The first kappa shape index (κ1) is 11.6. The lowest BCUT2D eigenvalue weighted by Gasteiger charge is -2.13. The molecule has 4 heteroatoms. The maximum Gasteiger partial charge on any atom is 0.0985 e. The lowest BCUT2D eigenvalue weighted by atomic mass is 9.98. The van der Waals surface area contributed by atoms with Gasteiger partial charge in [0.15, 0.2) is 0 Å². The largest absolute Gasteiger partial charge is 0.316 e. The van der Waals surface area contributed by atoms with Crippen LogP contribution in [0.4, 0.5) is 0 Å². The van der Waals surface area contributed by atoms with Crippen molar-refractivity contribution in [2.75, 3.05) is 0 Å². The predicted molar refractivity (Wildman–Crippen MR) is 58.9 cm³/mol. The van der Waals surface area contributed by atoms with Crippen LogP contribution in [-0.2, 0) is 5.41 Å². The maximum atomic E-state index is 8.85. The molecule has 0 aliphatic heterocycles. The molecule has 1 aromatic rings. The number of hydroxylamine groups is 1. The molecule has 0 aliphatic rings. The van der Waals surface area contributed by atoms with E-state index in [9.17, 15) is 0 Å².